The van der Waals surface area contributed by atoms with Crippen molar-refractivity contribution in [2.45, 2.75) is 24.8 Å². The van der Waals surface area contributed by atoms with Crippen molar-refractivity contribution >= 4 is 39.2 Å². The van der Waals surface area contributed by atoms with Gasteiger partial charge in [-0.3, -0.25) is 4.79 Å². The normalized spacial score (nSPS) is 12.1. The van der Waals surface area contributed by atoms with Crippen molar-refractivity contribution in [2.24, 2.45) is 0 Å². The Kier molecular flexibility index (Phi) is 5.20. The molecule has 0 saturated heterocycles. The van der Waals surface area contributed by atoms with Gasteiger partial charge in [-0.25, -0.2) is 8.42 Å². The predicted octanol–water partition coefficient (Wildman–Crippen LogP) is 2.48. The van der Waals surface area contributed by atoms with Crippen molar-refractivity contribution in [3.8, 4) is 0 Å². The van der Waals surface area contributed by atoms with Crippen LogP contribution in [0.5, 0.6) is 0 Å². The molecule has 0 aliphatic carbocycles. The summed E-state index contributed by atoms with van der Waals surface area (Å²) < 4.78 is 25.7. The van der Waals surface area contributed by atoms with E-state index in [4.69, 9.17) is 28.3 Å². The van der Waals surface area contributed by atoms with E-state index in [1.54, 1.807) is 13.8 Å². The van der Waals surface area contributed by atoms with E-state index in [-0.39, 0.29) is 14.9 Å². The molecule has 1 aromatic carbocycles. The Bertz CT molecular complexity index is 586. The molecule has 0 saturated carbocycles. The monoisotopic (exact) mass is 325 g/mol. The number of nitrogens with zero attached hydrogens (tertiary/aromatic N) is 1. The van der Waals surface area contributed by atoms with Crippen molar-refractivity contribution in [1.82, 2.24) is 4.31 Å². The Morgan fingerprint density at radius 2 is 1.95 bits per heavy atom. The third kappa shape index (κ3) is 3.60. The molecule has 0 unspecified atom stereocenters. The van der Waals surface area contributed by atoms with Crippen LogP contribution < -0.4 is 0 Å². The summed E-state index contributed by atoms with van der Waals surface area (Å²) in [5, 5.41) is 8.79. The molecule has 0 fully saturated rings. The second-order valence-electron chi connectivity index (χ2n) is 4.09. The summed E-state index contributed by atoms with van der Waals surface area (Å²) in [6.07, 6.45) is 0. The lowest BCUT2D eigenvalue weighted by molar-refractivity contribution is -0.137. The Hall–Kier alpha value is -0.820. The second kappa shape index (κ2) is 6.09. The number of sulfonamides is 1. The summed E-state index contributed by atoms with van der Waals surface area (Å²) in [5.41, 5.74) is 0. The molecule has 0 amide bonds. The minimum Gasteiger partial charge on any atom is -0.480 e. The highest BCUT2D eigenvalue weighted by Gasteiger charge is 2.31. The van der Waals surface area contributed by atoms with Gasteiger partial charge in [-0.2, -0.15) is 4.31 Å². The fourth-order valence-electron chi connectivity index (χ4n) is 1.49. The number of carboxylic acid groups (broad SMARTS) is 1. The molecule has 1 N–H and O–H groups in total. The van der Waals surface area contributed by atoms with Crippen LogP contribution in [-0.4, -0.2) is 36.4 Å². The second-order valence-corrected chi connectivity index (χ2v) is 6.73. The molecule has 106 valence electrons. The van der Waals surface area contributed by atoms with Gasteiger partial charge in [0.25, 0.3) is 0 Å². The average molecular weight is 326 g/mol. The smallest absolute Gasteiger partial charge is 0.318 e. The van der Waals surface area contributed by atoms with Crippen LogP contribution in [0.3, 0.4) is 0 Å². The van der Waals surface area contributed by atoms with E-state index >= 15 is 0 Å². The lowest BCUT2D eigenvalue weighted by Crippen LogP contribution is -2.40. The minimum atomic E-state index is -4.01. The molecular formula is C11H13Cl2NO4S. The van der Waals surface area contributed by atoms with E-state index in [9.17, 15) is 13.2 Å². The molecular weight excluding hydrogens is 313 g/mol. The van der Waals surface area contributed by atoms with E-state index in [2.05, 4.69) is 0 Å². The molecule has 5 nitrogen and oxygen atoms in total. The summed E-state index contributed by atoms with van der Waals surface area (Å²) >= 11 is 11.7. The zero-order valence-electron chi connectivity index (χ0n) is 10.3. The topological polar surface area (TPSA) is 74.7 Å². The Balaban J connectivity index is 3.35. The third-order valence-corrected chi connectivity index (χ3v) is 5.37. The van der Waals surface area contributed by atoms with Gasteiger partial charge in [0.1, 0.15) is 11.4 Å². The van der Waals surface area contributed by atoms with E-state index in [0.717, 1.165) is 4.31 Å². The Labute approximate surface area is 121 Å². The highest BCUT2D eigenvalue weighted by Crippen LogP contribution is 2.31. The summed E-state index contributed by atoms with van der Waals surface area (Å²) in [7, 11) is -4.01. The lowest BCUT2D eigenvalue weighted by atomic mass is 10.4. The van der Waals surface area contributed by atoms with Crippen molar-refractivity contribution in [2.75, 3.05) is 6.54 Å². The fourth-order valence-corrected chi connectivity index (χ4v) is 3.81. The Morgan fingerprint density at radius 1 is 1.37 bits per heavy atom. The molecule has 19 heavy (non-hydrogen) atoms. The molecule has 0 spiro atoms. The maximum Gasteiger partial charge on any atom is 0.318 e. The van der Waals surface area contributed by atoms with Crippen LogP contribution in [0.1, 0.15) is 13.8 Å². The number of carbonyl (C=O) groups is 1. The zero-order valence-corrected chi connectivity index (χ0v) is 12.6. The van der Waals surface area contributed by atoms with Crippen LogP contribution in [0, 0.1) is 0 Å². The van der Waals surface area contributed by atoms with Crippen LogP contribution in [0.25, 0.3) is 0 Å². The quantitative estimate of drug-likeness (QED) is 0.902. The third-order valence-electron chi connectivity index (χ3n) is 2.37. The number of halogens is 2. The minimum absolute atomic E-state index is 0.0989. The molecule has 0 aromatic heterocycles. The predicted molar refractivity (Wildman–Crippen MR) is 73.1 cm³/mol. The highest BCUT2D eigenvalue weighted by molar-refractivity contribution is 7.89. The van der Waals surface area contributed by atoms with Gasteiger partial charge in [-0.1, -0.05) is 29.3 Å². The standard InChI is InChI=1S/C11H13Cl2NO4S/c1-7(2)14(6-10(15)16)19(17,18)9-5-3-4-8(12)11(9)13/h3-5,7H,6H2,1-2H3,(H,15,16). The van der Waals surface area contributed by atoms with E-state index in [1.807, 2.05) is 0 Å². The first-order valence-electron chi connectivity index (χ1n) is 5.35. The first kappa shape index (κ1) is 16.2. The summed E-state index contributed by atoms with van der Waals surface area (Å²) in [4.78, 5) is 10.6. The molecule has 0 radical (unpaired) electrons. The molecule has 0 aliphatic heterocycles. The molecule has 0 aliphatic rings. The van der Waals surface area contributed by atoms with Crippen LogP contribution in [0.4, 0.5) is 0 Å². The van der Waals surface area contributed by atoms with Gasteiger partial charge < -0.3 is 5.11 Å². The largest absolute Gasteiger partial charge is 0.480 e. The van der Waals surface area contributed by atoms with Crippen LogP contribution in [0.2, 0.25) is 10.0 Å². The number of carboxylic acids is 1. The van der Waals surface area contributed by atoms with E-state index in [1.165, 1.54) is 18.2 Å². The molecule has 1 rings (SSSR count). The van der Waals surface area contributed by atoms with Gasteiger partial charge in [-0.05, 0) is 26.0 Å². The van der Waals surface area contributed by atoms with Crippen molar-refractivity contribution < 1.29 is 18.3 Å². The maximum absolute atomic E-state index is 12.4. The average Bonchev–Trinajstić information content (AvgIpc) is 2.28. The van der Waals surface area contributed by atoms with Gasteiger partial charge in [0.05, 0.1) is 10.0 Å². The number of benzene rings is 1. The summed E-state index contributed by atoms with van der Waals surface area (Å²) in [5.74, 6) is -1.24. The van der Waals surface area contributed by atoms with Crippen molar-refractivity contribution in [3.63, 3.8) is 0 Å². The number of hydrogen-bond acceptors (Lipinski definition) is 3. The van der Waals surface area contributed by atoms with Crippen LogP contribution >= 0.6 is 23.2 Å². The van der Waals surface area contributed by atoms with Gasteiger partial charge in [0.2, 0.25) is 10.0 Å². The van der Waals surface area contributed by atoms with E-state index < -0.39 is 28.6 Å². The lowest BCUT2D eigenvalue weighted by Gasteiger charge is -2.24. The Morgan fingerprint density at radius 3 is 2.42 bits per heavy atom. The number of aliphatic carboxylic acids is 1. The van der Waals surface area contributed by atoms with Gasteiger partial charge in [0.15, 0.2) is 0 Å². The molecule has 1 aromatic rings. The first-order chi connectivity index (χ1) is 8.67. The SMILES string of the molecule is CC(C)N(CC(=O)O)S(=O)(=O)c1cccc(Cl)c1Cl. The van der Waals surface area contributed by atoms with Crippen LogP contribution in [-0.2, 0) is 14.8 Å². The highest BCUT2D eigenvalue weighted by atomic mass is 35.5. The van der Waals surface area contributed by atoms with Gasteiger partial charge in [-0.15, -0.1) is 0 Å². The summed E-state index contributed by atoms with van der Waals surface area (Å²) in [6, 6.07) is 3.68. The van der Waals surface area contributed by atoms with Crippen LogP contribution in [0.15, 0.2) is 23.1 Å². The molecule has 0 atom stereocenters. The molecule has 8 heteroatoms. The van der Waals surface area contributed by atoms with Crippen molar-refractivity contribution in [1.29, 1.82) is 0 Å². The van der Waals surface area contributed by atoms with E-state index in [0.29, 0.717) is 0 Å². The summed E-state index contributed by atoms with van der Waals surface area (Å²) in [6.45, 7) is 2.53. The maximum atomic E-state index is 12.4. The number of hydrogen-bond donors (Lipinski definition) is 1. The molecule has 0 heterocycles. The molecule has 0 bridgehead atoms. The van der Waals surface area contributed by atoms with Crippen molar-refractivity contribution in [3.05, 3.63) is 28.2 Å². The van der Waals surface area contributed by atoms with Gasteiger partial charge >= 0.3 is 5.97 Å². The number of rotatable bonds is 5. The fraction of sp³-hybridized carbons (Fsp3) is 0.364. The van der Waals surface area contributed by atoms with Gasteiger partial charge in [0, 0.05) is 6.04 Å². The zero-order chi connectivity index (χ0) is 14.8. The first-order valence-corrected chi connectivity index (χ1v) is 7.55.